The Morgan fingerprint density at radius 3 is 2.39 bits per heavy atom. The van der Waals surface area contributed by atoms with Gasteiger partial charge in [-0.3, -0.25) is 9.69 Å². The SMILES string of the molecule is CN/C=C(\C=N)c1cnc(N)c(C(=O)/N=C\C2CN(C)C[C@@H]2OCc2ccc(-c3ccc(C(C)N4CCN(C)CC4)cc3)cc2)c1. The number of piperazine rings is 1. The summed E-state index contributed by atoms with van der Waals surface area (Å²) in [6.45, 7) is 8.72. The molecule has 0 radical (unpaired) electrons. The summed E-state index contributed by atoms with van der Waals surface area (Å²) in [6.07, 6.45) is 5.98. The number of nitrogens with zero attached hydrogens (tertiary/aromatic N) is 5. The van der Waals surface area contributed by atoms with Gasteiger partial charge in [0.1, 0.15) is 5.82 Å². The number of likely N-dealkylation sites (tertiary alicyclic amines) is 1. The number of amides is 1. The zero-order chi connectivity index (χ0) is 32.6. The largest absolute Gasteiger partial charge is 0.393 e. The molecule has 1 amide bonds. The summed E-state index contributed by atoms with van der Waals surface area (Å²) in [7, 11) is 5.97. The van der Waals surface area contributed by atoms with E-state index in [0.29, 0.717) is 23.8 Å². The zero-order valence-electron chi connectivity index (χ0n) is 27.3. The number of aromatic nitrogens is 1. The molecule has 0 aliphatic carbocycles. The number of carbonyl (C=O) groups excluding carboxylic acids is 1. The van der Waals surface area contributed by atoms with E-state index >= 15 is 0 Å². The molecule has 10 heteroatoms. The first kappa shape index (κ1) is 33.2. The number of hydrogen-bond donors (Lipinski definition) is 3. The molecule has 3 aromatic rings. The number of anilines is 1. The van der Waals surface area contributed by atoms with Crippen molar-refractivity contribution in [1.29, 1.82) is 5.41 Å². The van der Waals surface area contributed by atoms with Crippen LogP contribution >= 0.6 is 0 Å². The number of nitrogen functional groups attached to an aromatic ring is 1. The number of pyridine rings is 1. The van der Waals surface area contributed by atoms with Crippen LogP contribution in [0.5, 0.6) is 0 Å². The van der Waals surface area contributed by atoms with E-state index in [1.807, 2.05) is 7.05 Å². The highest BCUT2D eigenvalue weighted by Crippen LogP contribution is 2.27. The van der Waals surface area contributed by atoms with E-state index in [1.54, 1.807) is 31.7 Å². The molecule has 1 aromatic heterocycles. The molecule has 0 bridgehead atoms. The molecule has 10 nitrogen and oxygen atoms in total. The monoisotopic (exact) mass is 622 g/mol. The Kier molecular flexibility index (Phi) is 11.1. The van der Waals surface area contributed by atoms with Crippen LogP contribution in [-0.4, -0.2) is 105 Å². The number of likely N-dealkylation sites (N-methyl/N-ethyl adjacent to an activating group) is 2. The molecule has 2 saturated heterocycles. The van der Waals surface area contributed by atoms with Gasteiger partial charge in [-0.15, -0.1) is 0 Å². The molecule has 5 rings (SSSR count). The highest BCUT2D eigenvalue weighted by atomic mass is 16.5. The molecule has 2 aromatic carbocycles. The number of rotatable bonds is 11. The maximum atomic E-state index is 13.0. The lowest BCUT2D eigenvalue weighted by Gasteiger charge is -2.36. The summed E-state index contributed by atoms with van der Waals surface area (Å²) in [4.78, 5) is 28.6. The van der Waals surface area contributed by atoms with Crippen LogP contribution in [0.25, 0.3) is 16.7 Å². The number of benzene rings is 2. The Balaban J connectivity index is 1.17. The van der Waals surface area contributed by atoms with Crippen molar-refractivity contribution in [3.8, 4) is 11.1 Å². The summed E-state index contributed by atoms with van der Waals surface area (Å²) < 4.78 is 6.35. The van der Waals surface area contributed by atoms with Gasteiger partial charge >= 0.3 is 0 Å². The highest BCUT2D eigenvalue weighted by Gasteiger charge is 2.31. The molecule has 2 unspecified atom stereocenters. The van der Waals surface area contributed by atoms with Gasteiger partial charge in [0.2, 0.25) is 0 Å². The van der Waals surface area contributed by atoms with Crippen molar-refractivity contribution in [2.24, 2.45) is 10.9 Å². The van der Waals surface area contributed by atoms with E-state index in [9.17, 15) is 4.79 Å². The lowest BCUT2D eigenvalue weighted by molar-refractivity contribution is 0.0373. The van der Waals surface area contributed by atoms with Crippen molar-refractivity contribution in [3.05, 3.63) is 89.2 Å². The van der Waals surface area contributed by atoms with Crippen LogP contribution in [0, 0.1) is 11.3 Å². The fourth-order valence-corrected chi connectivity index (χ4v) is 6.09. The van der Waals surface area contributed by atoms with Crippen molar-refractivity contribution in [2.75, 3.05) is 66.1 Å². The second-order valence-electron chi connectivity index (χ2n) is 12.3. The Morgan fingerprint density at radius 2 is 1.74 bits per heavy atom. The quantitative estimate of drug-likeness (QED) is 0.272. The molecule has 3 heterocycles. The number of allylic oxidation sites excluding steroid dienone is 1. The summed E-state index contributed by atoms with van der Waals surface area (Å²) in [5.74, 6) is -0.402. The van der Waals surface area contributed by atoms with Crippen LogP contribution in [0.15, 0.2) is 72.0 Å². The molecule has 242 valence electrons. The average Bonchev–Trinajstić information content (AvgIpc) is 3.44. The van der Waals surface area contributed by atoms with Crippen LogP contribution in [0.1, 0.15) is 40.0 Å². The van der Waals surface area contributed by atoms with Gasteiger partial charge in [0.05, 0.1) is 18.3 Å². The van der Waals surface area contributed by atoms with Gasteiger partial charge in [0.25, 0.3) is 5.91 Å². The van der Waals surface area contributed by atoms with E-state index in [4.69, 9.17) is 15.9 Å². The second kappa shape index (κ2) is 15.4. The average molecular weight is 623 g/mol. The first-order valence-electron chi connectivity index (χ1n) is 15.9. The first-order chi connectivity index (χ1) is 22.2. The van der Waals surface area contributed by atoms with Gasteiger partial charge in [0.15, 0.2) is 0 Å². The Labute approximate surface area is 272 Å². The van der Waals surface area contributed by atoms with Crippen LogP contribution in [0.3, 0.4) is 0 Å². The predicted octanol–water partition coefficient (Wildman–Crippen LogP) is 4.21. The number of carbonyl (C=O) groups is 1. The molecule has 0 saturated carbocycles. The summed E-state index contributed by atoms with van der Waals surface area (Å²) in [5, 5.41) is 10.5. The molecular weight excluding hydrogens is 576 g/mol. The van der Waals surface area contributed by atoms with Gasteiger partial charge in [-0.1, -0.05) is 48.5 Å². The molecule has 4 N–H and O–H groups in total. The molecule has 2 fully saturated rings. The van der Waals surface area contributed by atoms with Crippen LogP contribution in [-0.2, 0) is 11.3 Å². The molecule has 0 spiro atoms. The van der Waals surface area contributed by atoms with Crippen LogP contribution < -0.4 is 11.1 Å². The molecule has 3 atom stereocenters. The minimum absolute atomic E-state index is 0.0429. The fraction of sp³-hybridized carbons (Fsp3) is 0.389. The van der Waals surface area contributed by atoms with Crippen LogP contribution in [0.4, 0.5) is 5.82 Å². The second-order valence-corrected chi connectivity index (χ2v) is 12.3. The molecule has 2 aliphatic heterocycles. The Bertz CT molecular complexity index is 1550. The van der Waals surface area contributed by atoms with E-state index in [0.717, 1.165) is 44.8 Å². The van der Waals surface area contributed by atoms with E-state index in [2.05, 4.69) is 92.5 Å². The number of aliphatic imine (C=N–C) groups is 1. The molecule has 46 heavy (non-hydrogen) atoms. The lowest BCUT2D eigenvalue weighted by Crippen LogP contribution is -2.45. The summed E-state index contributed by atoms with van der Waals surface area (Å²) in [6, 6.07) is 19.5. The maximum Gasteiger partial charge on any atom is 0.280 e. The van der Waals surface area contributed by atoms with Crippen molar-refractivity contribution < 1.29 is 9.53 Å². The molecular formula is C36H46N8O2. The lowest BCUT2D eigenvalue weighted by atomic mass is 9.99. The first-order valence-corrected chi connectivity index (χ1v) is 15.9. The van der Waals surface area contributed by atoms with Crippen molar-refractivity contribution in [2.45, 2.75) is 25.7 Å². The van der Waals surface area contributed by atoms with E-state index in [-0.39, 0.29) is 23.4 Å². The molecule has 2 aliphatic rings. The van der Waals surface area contributed by atoms with Gasteiger partial charge in [-0.05, 0) is 49.3 Å². The standard InChI is InChI=1S/C36H46N8O2/c1-25(44-15-13-42(3)14-16-44)27-9-11-29(12-10-27)28-7-5-26(6-8-28)24-46-34-23-43(4)22-32(34)21-41-36(45)33-17-30(20-40-35(33)38)31(18-37)19-39-2/h5-12,17-21,25,32,34,37,39H,13-16,22-24H2,1-4H3,(H2,38,40)/b31-19+,37-18?,41-21-/t25?,32?,34-/m0/s1. The van der Waals surface area contributed by atoms with E-state index < -0.39 is 5.91 Å². The van der Waals surface area contributed by atoms with E-state index in [1.165, 1.54) is 22.9 Å². The normalized spacial score (nSPS) is 20.7. The van der Waals surface area contributed by atoms with Crippen molar-refractivity contribution >= 4 is 29.7 Å². The smallest absolute Gasteiger partial charge is 0.280 e. The summed E-state index contributed by atoms with van der Waals surface area (Å²) >= 11 is 0. The van der Waals surface area contributed by atoms with Gasteiger partial charge < -0.3 is 31.0 Å². The number of nitrogens with one attached hydrogen (secondary N) is 2. The fourth-order valence-electron chi connectivity index (χ4n) is 6.09. The van der Waals surface area contributed by atoms with Crippen LogP contribution in [0.2, 0.25) is 0 Å². The van der Waals surface area contributed by atoms with Gasteiger partial charge in [0, 0.05) is 94.2 Å². The van der Waals surface area contributed by atoms with Gasteiger partial charge in [-0.25, -0.2) is 9.98 Å². The topological polar surface area (TPSA) is 123 Å². The highest BCUT2D eigenvalue weighted by molar-refractivity contribution is 6.10. The minimum Gasteiger partial charge on any atom is -0.393 e. The number of nitrogens with two attached hydrogens (primary N) is 1. The third-order valence-electron chi connectivity index (χ3n) is 9.04. The van der Waals surface area contributed by atoms with Gasteiger partial charge in [-0.2, -0.15) is 0 Å². The Morgan fingerprint density at radius 1 is 1.07 bits per heavy atom. The van der Waals surface area contributed by atoms with Crippen molar-refractivity contribution in [3.63, 3.8) is 0 Å². The Hall–Kier alpha value is -4.22. The van der Waals surface area contributed by atoms with Crippen molar-refractivity contribution in [1.82, 2.24) is 25.0 Å². The zero-order valence-corrected chi connectivity index (χ0v) is 27.3. The number of hydrogen-bond acceptors (Lipinski definition) is 9. The predicted molar refractivity (Wildman–Crippen MR) is 186 cm³/mol. The third-order valence-corrected chi connectivity index (χ3v) is 9.04. The number of ether oxygens (including phenoxy) is 1. The third kappa shape index (κ3) is 8.13. The summed E-state index contributed by atoms with van der Waals surface area (Å²) in [5.41, 5.74) is 12.2. The minimum atomic E-state index is -0.466. The maximum absolute atomic E-state index is 13.0.